The van der Waals surface area contributed by atoms with Crippen LogP contribution < -0.4 is 5.32 Å². The zero-order valence-corrected chi connectivity index (χ0v) is 10.6. The third kappa shape index (κ3) is 2.75. The van der Waals surface area contributed by atoms with E-state index in [0.717, 1.165) is 11.2 Å². The van der Waals surface area contributed by atoms with Crippen molar-refractivity contribution >= 4 is 28.8 Å². The van der Waals surface area contributed by atoms with Crippen molar-refractivity contribution < 1.29 is 9.21 Å². The topological polar surface area (TPSA) is 55.1 Å². The van der Waals surface area contributed by atoms with Crippen LogP contribution in [0.5, 0.6) is 0 Å². The molecule has 0 unspecified atom stereocenters. The van der Waals surface area contributed by atoms with Gasteiger partial charge in [0.1, 0.15) is 5.52 Å². The van der Waals surface area contributed by atoms with Gasteiger partial charge in [0.2, 0.25) is 11.8 Å². The van der Waals surface area contributed by atoms with Gasteiger partial charge >= 0.3 is 0 Å². The van der Waals surface area contributed by atoms with Gasteiger partial charge in [-0.1, -0.05) is 30.3 Å². The highest BCUT2D eigenvalue weighted by Gasteiger charge is 2.02. The molecular weight excluding hydrogens is 252 g/mol. The van der Waals surface area contributed by atoms with Crippen molar-refractivity contribution in [3.63, 3.8) is 0 Å². The molecule has 1 N–H and O–H groups in total. The number of para-hydroxylation sites is 3. The predicted octanol–water partition coefficient (Wildman–Crippen LogP) is 3.48. The SMILES string of the molecule is O=C(C=Cc1nc2ccccc2o1)Nc1ccccc1. The highest BCUT2D eigenvalue weighted by molar-refractivity contribution is 6.01. The van der Waals surface area contributed by atoms with Crippen LogP contribution in [0, 0.1) is 0 Å². The van der Waals surface area contributed by atoms with Gasteiger partial charge in [-0.25, -0.2) is 4.98 Å². The third-order valence-corrected chi connectivity index (χ3v) is 2.73. The average molecular weight is 264 g/mol. The van der Waals surface area contributed by atoms with Gasteiger partial charge in [-0.15, -0.1) is 0 Å². The number of carbonyl (C=O) groups is 1. The van der Waals surface area contributed by atoms with Crippen LogP contribution in [0.1, 0.15) is 5.89 Å². The summed E-state index contributed by atoms with van der Waals surface area (Å²) in [7, 11) is 0. The van der Waals surface area contributed by atoms with E-state index in [-0.39, 0.29) is 5.91 Å². The second-order valence-corrected chi connectivity index (χ2v) is 4.21. The molecule has 0 radical (unpaired) electrons. The average Bonchev–Trinajstić information content (AvgIpc) is 2.89. The van der Waals surface area contributed by atoms with Crippen molar-refractivity contribution in [1.82, 2.24) is 4.98 Å². The Hall–Kier alpha value is -2.88. The molecule has 3 rings (SSSR count). The number of nitrogens with zero attached hydrogens (tertiary/aromatic N) is 1. The van der Waals surface area contributed by atoms with E-state index in [1.54, 1.807) is 6.08 Å². The summed E-state index contributed by atoms with van der Waals surface area (Å²) in [6.45, 7) is 0. The van der Waals surface area contributed by atoms with E-state index < -0.39 is 0 Å². The summed E-state index contributed by atoms with van der Waals surface area (Å²) in [6, 6.07) is 16.7. The number of carbonyl (C=O) groups excluding carboxylic acids is 1. The minimum atomic E-state index is -0.224. The number of nitrogens with one attached hydrogen (secondary N) is 1. The molecule has 1 heterocycles. The molecule has 0 spiro atoms. The van der Waals surface area contributed by atoms with Gasteiger partial charge in [0, 0.05) is 17.8 Å². The fourth-order valence-corrected chi connectivity index (χ4v) is 1.81. The largest absolute Gasteiger partial charge is 0.437 e. The second kappa shape index (κ2) is 5.40. The number of benzene rings is 2. The van der Waals surface area contributed by atoms with Crippen LogP contribution >= 0.6 is 0 Å². The summed E-state index contributed by atoms with van der Waals surface area (Å²) >= 11 is 0. The van der Waals surface area contributed by atoms with Gasteiger partial charge in [-0.05, 0) is 24.3 Å². The Balaban J connectivity index is 1.72. The molecule has 0 aliphatic carbocycles. The fraction of sp³-hybridized carbons (Fsp3) is 0. The van der Waals surface area contributed by atoms with Crippen molar-refractivity contribution in [1.29, 1.82) is 0 Å². The summed E-state index contributed by atoms with van der Waals surface area (Å²) in [4.78, 5) is 16.0. The van der Waals surface area contributed by atoms with Gasteiger partial charge in [0.25, 0.3) is 0 Å². The Morgan fingerprint density at radius 3 is 2.60 bits per heavy atom. The Bertz CT molecular complexity index is 727. The highest BCUT2D eigenvalue weighted by Crippen LogP contribution is 2.15. The molecule has 98 valence electrons. The number of hydrogen-bond donors (Lipinski definition) is 1. The molecule has 0 saturated heterocycles. The van der Waals surface area contributed by atoms with Crippen LogP contribution in [0.15, 0.2) is 65.1 Å². The maximum Gasteiger partial charge on any atom is 0.248 e. The molecule has 0 atom stereocenters. The van der Waals surface area contributed by atoms with E-state index in [9.17, 15) is 4.79 Å². The lowest BCUT2D eigenvalue weighted by molar-refractivity contribution is -0.111. The van der Waals surface area contributed by atoms with Crippen LogP contribution in [-0.2, 0) is 4.79 Å². The zero-order chi connectivity index (χ0) is 13.8. The molecular formula is C16H12N2O2. The Labute approximate surface area is 115 Å². The molecule has 1 amide bonds. The number of rotatable bonds is 3. The summed E-state index contributed by atoms with van der Waals surface area (Å²) < 4.78 is 5.49. The van der Waals surface area contributed by atoms with Crippen molar-refractivity contribution in [3.8, 4) is 0 Å². The minimum absolute atomic E-state index is 0.224. The number of oxazole rings is 1. The minimum Gasteiger partial charge on any atom is -0.437 e. The monoisotopic (exact) mass is 264 g/mol. The van der Waals surface area contributed by atoms with E-state index in [4.69, 9.17) is 4.42 Å². The van der Waals surface area contributed by atoms with Crippen molar-refractivity contribution in [3.05, 3.63) is 66.6 Å². The number of anilines is 1. The quantitative estimate of drug-likeness (QED) is 0.737. The summed E-state index contributed by atoms with van der Waals surface area (Å²) in [5.74, 6) is 0.188. The van der Waals surface area contributed by atoms with Crippen LogP contribution in [0.25, 0.3) is 17.2 Å². The molecule has 20 heavy (non-hydrogen) atoms. The Morgan fingerprint density at radius 2 is 1.80 bits per heavy atom. The summed E-state index contributed by atoms with van der Waals surface area (Å²) in [6.07, 6.45) is 2.95. The van der Waals surface area contributed by atoms with Crippen LogP contribution in [0.2, 0.25) is 0 Å². The first kappa shape index (κ1) is 12.2. The highest BCUT2D eigenvalue weighted by atomic mass is 16.3. The lowest BCUT2D eigenvalue weighted by Crippen LogP contribution is -2.07. The fourth-order valence-electron chi connectivity index (χ4n) is 1.81. The number of aromatic nitrogens is 1. The number of hydrogen-bond acceptors (Lipinski definition) is 3. The first-order chi connectivity index (χ1) is 9.81. The standard InChI is InChI=1S/C16H12N2O2/c19-15(17-12-6-2-1-3-7-12)10-11-16-18-13-8-4-5-9-14(13)20-16/h1-11H,(H,17,19). The lowest BCUT2D eigenvalue weighted by atomic mass is 10.3. The first-order valence-electron chi connectivity index (χ1n) is 6.21. The zero-order valence-electron chi connectivity index (χ0n) is 10.6. The van der Waals surface area contributed by atoms with Gasteiger partial charge in [0.15, 0.2) is 5.58 Å². The van der Waals surface area contributed by atoms with Crippen molar-refractivity contribution in [2.45, 2.75) is 0 Å². The molecule has 0 fully saturated rings. The van der Waals surface area contributed by atoms with Crippen LogP contribution in [-0.4, -0.2) is 10.9 Å². The van der Waals surface area contributed by atoms with Crippen LogP contribution in [0.4, 0.5) is 5.69 Å². The smallest absolute Gasteiger partial charge is 0.248 e. The molecule has 0 saturated carbocycles. The van der Waals surface area contributed by atoms with E-state index in [0.29, 0.717) is 11.5 Å². The summed E-state index contributed by atoms with van der Waals surface area (Å²) in [5, 5.41) is 2.75. The van der Waals surface area contributed by atoms with Crippen molar-refractivity contribution in [2.24, 2.45) is 0 Å². The number of fused-ring (bicyclic) bond motifs is 1. The molecule has 0 aliphatic heterocycles. The van der Waals surface area contributed by atoms with Crippen LogP contribution in [0.3, 0.4) is 0 Å². The van der Waals surface area contributed by atoms with E-state index >= 15 is 0 Å². The molecule has 4 heteroatoms. The first-order valence-corrected chi connectivity index (χ1v) is 6.21. The molecule has 1 aromatic heterocycles. The van der Waals surface area contributed by atoms with Gasteiger partial charge in [-0.3, -0.25) is 4.79 Å². The van der Waals surface area contributed by atoms with Gasteiger partial charge < -0.3 is 9.73 Å². The van der Waals surface area contributed by atoms with E-state index in [2.05, 4.69) is 10.3 Å². The third-order valence-electron chi connectivity index (χ3n) is 2.73. The normalized spacial score (nSPS) is 11.0. The van der Waals surface area contributed by atoms with Gasteiger partial charge in [-0.2, -0.15) is 0 Å². The lowest BCUT2D eigenvalue weighted by Gasteiger charge is -1.99. The Kier molecular flexibility index (Phi) is 3.29. The van der Waals surface area contributed by atoms with Crippen molar-refractivity contribution in [2.75, 3.05) is 5.32 Å². The molecule has 0 aliphatic rings. The number of amides is 1. The molecule has 4 nitrogen and oxygen atoms in total. The molecule has 3 aromatic rings. The summed E-state index contributed by atoms with van der Waals surface area (Å²) in [5.41, 5.74) is 2.23. The maximum absolute atomic E-state index is 11.7. The second-order valence-electron chi connectivity index (χ2n) is 4.21. The predicted molar refractivity (Wildman–Crippen MR) is 78.1 cm³/mol. The maximum atomic E-state index is 11.7. The van der Waals surface area contributed by atoms with Gasteiger partial charge in [0.05, 0.1) is 0 Å². The van der Waals surface area contributed by atoms with E-state index in [1.807, 2.05) is 54.6 Å². The molecule has 2 aromatic carbocycles. The Morgan fingerprint density at radius 1 is 1.05 bits per heavy atom. The van der Waals surface area contributed by atoms with E-state index in [1.165, 1.54) is 6.08 Å². The molecule has 0 bridgehead atoms.